The molecule has 1 N–H and O–H groups in total. The van der Waals surface area contributed by atoms with Crippen LogP contribution in [0, 0.1) is 0 Å². The molecule has 0 amide bonds. The summed E-state index contributed by atoms with van der Waals surface area (Å²) >= 11 is 6.14. The topological polar surface area (TPSA) is 29.9 Å². The van der Waals surface area contributed by atoms with Crippen molar-refractivity contribution in [2.45, 2.75) is 44.1 Å². The summed E-state index contributed by atoms with van der Waals surface area (Å²) in [6.07, 6.45) is 11.5. The van der Waals surface area contributed by atoms with E-state index in [1.807, 2.05) is 17.9 Å². The molecule has 1 aliphatic rings. The van der Waals surface area contributed by atoms with E-state index in [1.165, 1.54) is 37.7 Å². The minimum Gasteiger partial charge on any atom is -0.310 e. The number of nitrogens with zero attached hydrogens (tertiary/aromatic N) is 2. The Morgan fingerprint density at radius 2 is 2.18 bits per heavy atom. The van der Waals surface area contributed by atoms with Gasteiger partial charge in [-0.2, -0.15) is 5.10 Å². The Bertz CT molecular complexity index is 342. The molecule has 1 saturated carbocycles. The van der Waals surface area contributed by atoms with Gasteiger partial charge >= 0.3 is 0 Å². The van der Waals surface area contributed by atoms with Crippen LogP contribution in [0.25, 0.3) is 0 Å². The summed E-state index contributed by atoms with van der Waals surface area (Å²) in [7, 11) is 1.96. The fraction of sp³-hybridized carbons (Fsp3) is 0.769. The zero-order chi connectivity index (χ0) is 12.1. The number of aromatic nitrogens is 2. The maximum absolute atomic E-state index is 6.14. The van der Waals surface area contributed by atoms with E-state index in [0.29, 0.717) is 0 Å². The van der Waals surface area contributed by atoms with Crippen molar-refractivity contribution >= 4 is 11.6 Å². The van der Waals surface area contributed by atoms with Crippen LogP contribution in [0.3, 0.4) is 0 Å². The molecule has 0 radical (unpaired) electrons. The second kappa shape index (κ2) is 5.87. The van der Waals surface area contributed by atoms with Gasteiger partial charge in [-0.05, 0) is 31.4 Å². The third kappa shape index (κ3) is 3.46. The molecule has 0 spiro atoms. The normalized spacial score (nSPS) is 19.4. The van der Waals surface area contributed by atoms with E-state index in [4.69, 9.17) is 11.6 Å². The molecular weight excluding hydrogens is 234 g/mol. The summed E-state index contributed by atoms with van der Waals surface area (Å²) in [6, 6.07) is 0. The lowest BCUT2D eigenvalue weighted by Crippen LogP contribution is -2.49. The van der Waals surface area contributed by atoms with Crippen molar-refractivity contribution in [3.05, 3.63) is 18.0 Å². The van der Waals surface area contributed by atoms with Gasteiger partial charge in [0.15, 0.2) is 0 Å². The van der Waals surface area contributed by atoms with E-state index in [-0.39, 0.29) is 5.54 Å². The molecule has 96 valence electrons. The number of alkyl halides is 1. The molecule has 3 nitrogen and oxygen atoms in total. The van der Waals surface area contributed by atoms with Crippen LogP contribution in [-0.4, -0.2) is 27.7 Å². The largest absolute Gasteiger partial charge is 0.310 e. The fourth-order valence-corrected chi connectivity index (χ4v) is 3.02. The molecule has 1 aliphatic carbocycles. The van der Waals surface area contributed by atoms with Gasteiger partial charge in [0.05, 0.1) is 6.20 Å². The van der Waals surface area contributed by atoms with Crippen molar-refractivity contribution < 1.29 is 0 Å². The molecule has 17 heavy (non-hydrogen) atoms. The van der Waals surface area contributed by atoms with Crippen LogP contribution < -0.4 is 5.32 Å². The van der Waals surface area contributed by atoms with Crippen LogP contribution in [0.2, 0.25) is 0 Å². The van der Waals surface area contributed by atoms with Gasteiger partial charge in [0.25, 0.3) is 0 Å². The van der Waals surface area contributed by atoms with E-state index < -0.39 is 0 Å². The van der Waals surface area contributed by atoms with Crippen molar-refractivity contribution in [1.29, 1.82) is 0 Å². The van der Waals surface area contributed by atoms with Gasteiger partial charge in [-0.15, -0.1) is 11.6 Å². The summed E-state index contributed by atoms with van der Waals surface area (Å²) in [5.74, 6) is 0.736. The Balaban J connectivity index is 1.79. The SMILES string of the molecule is Cn1cc(CCNC2(CCl)CCCCC2)cn1. The maximum atomic E-state index is 6.14. The average molecular weight is 256 g/mol. The van der Waals surface area contributed by atoms with Crippen molar-refractivity contribution in [2.75, 3.05) is 12.4 Å². The zero-order valence-electron chi connectivity index (χ0n) is 10.6. The van der Waals surface area contributed by atoms with Crippen molar-refractivity contribution in [2.24, 2.45) is 7.05 Å². The number of rotatable bonds is 5. The Morgan fingerprint density at radius 3 is 2.76 bits per heavy atom. The molecule has 0 aromatic carbocycles. The van der Waals surface area contributed by atoms with Gasteiger partial charge in [0, 0.05) is 24.7 Å². The molecule has 2 rings (SSSR count). The van der Waals surface area contributed by atoms with E-state index in [0.717, 1.165) is 18.8 Å². The van der Waals surface area contributed by atoms with Crippen molar-refractivity contribution in [3.8, 4) is 0 Å². The summed E-state index contributed by atoms with van der Waals surface area (Å²) in [5.41, 5.74) is 1.49. The summed E-state index contributed by atoms with van der Waals surface area (Å²) in [4.78, 5) is 0. The minimum atomic E-state index is 0.196. The first kappa shape index (κ1) is 12.9. The highest BCUT2D eigenvalue weighted by Gasteiger charge is 2.30. The molecule has 1 heterocycles. The van der Waals surface area contributed by atoms with E-state index in [1.54, 1.807) is 0 Å². The quantitative estimate of drug-likeness (QED) is 0.820. The lowest BCUT2D eigenvalue weighted by molar-refractivity contribution is 0.260. The maximum Gasteiger partial charge on any atom is 0.0522 e. The van der Waals surface area contributed by atoms with Gasteiger partial charge in [0.2, 0.25) is 0 Å². The average Bonchev–Trinajstić information content (AvgIpc) is 2.76. The van der Waals surface area contributed by atoms with Crippen LogP contribution in [0.1, 0.15) is 37.7 Å². The van der Waals surface area contributed by atoms with Crippen molar-refractivity contribution in [1.82, 2.24) is 15.1 Å². The molecule has 4 heteroatoms. The first-order chi connectivity index (χ1) is 8.24. The van der Waals surface area contributed by atoms with Crippen LogP contribution >= 0.6 is 11.6 Å². The van der Waals surface area contributed by atoms with Gasteiger partial charge in [0.1, 0.15) is 0 Å². The Hall–Kier alpha value is -0.540. The highest BCUT2D eigenvalue weighted by atomic mass is 35.5. The Morgan fingerprint density at radius 1 is 1.41 bits per heavy atom. The molecular formula is C13H22ClN3. The van der Waals surface area contributed by atoms with Crippen LogP contribution in [0.5, 0.6) is 0 Å². The van der Waals surface area contributed by atoms with Crippen LogP contribution in [-0.2, 0) is 13.5 Å². The number of hydrogen-bond acceptors (Lipinski definition) is 2. The predicted octanol–water partition coefficient (Wildman–Crippen LogP) is 2.49. The second-order valence-electron chi connectivity index (χ2n) is 5.17. The summed E-state index contributed by atoms with van der Waals surface area (Å²) in [5, 5.41) is 7.86. The summed E-state index contributed by atoms with van der Waals surface area (Å²) in [6.45, 7) is 0.998. The van der Waals surface area contributed by atoms with E-state index in [9.17, 15) is 0 Å². The number of hydrogen-bond donors (Lipinski definition) is 1. The third-order valence-electron chi connectivity index (χ3n) is 3.74. The van der Waals surface area contributed by atoms with Crippen molar-refractivity contribution in [3.63, 3.8) is 0 Å². The highest BCUT2D eigenvalue weighted by molar-refractivity contribution is 6.18. The smallest absolute Gasteiger partial charge is 0.0522 e. The molecule has 0 atom stereocenters. The van der Waals surface area contributed by atoms with Crippen LogP contribution in [0.4, 0.5) is 0 Å². The first-order valence-electron chi connectivity index (χ1n) is 6.53. The Labute approximate surface area is 109 Å². The fourth-order valence-electron chi connectivity index (χ4n) is 2.66. The highest BCUT2D eigenvalue weighted by Crippen LogP contribution is 2.29. The molecule has 1 aromatic heterocycles. The Kier molecular flexibility index (Phi) is 4.46. The number of halogens is 1. The van der Waals surface area contributed by atoms with E-state index >= 15 is 0 Å². The zero-order valence-corrected chi connectivity index (χ0v) is 11.3. The lowest BCUT2D eigenvalue weighted by atomic mass is 9.83. The van der Waals surface area contributed by atoms with Gasteiger partial charge in [-0.25, -0.2) is 0 Å². The standard InChI is InChI=1S/C13H22ClN3/c1-17-10-12(9-16-17)5-8-15-13(11-14)6-3-2-4-7-13/h9-10,15H,2-8,11H2,1H3. The monoisotopic (exact) mass is 255 g/mol. The van der Waals surface area contributed by atoms with Crippen LogP contribution in [0.15, 0.2) is 12.4 Å². The molecule has 0 unspecified atom stereocenters. The lowest BCUT2D eigenvalue weighted by Gasteiger charge is -2.36. The first-order valence-corrected chi connectivity index (χ1v) is 7.06. The predicted molar refractivity (Wildman–Crippen MR) is 71.5 cm³/mol. The molecule has 1 fully saturated rings. The van der Waals surface area contributed by atoms with Gasteiger partial charge < -0.3 is 5.32 Å². The molecule has 0 bridgehead atoms. The summed E-state index contributed by atoms with van der Waals surface area (Å²) < 4.78 is 1.85. The third-order valence-corrected chi connectivity index (χ3v) is 4.25. The molecule has 0 saturated heterocycles. The minimum absolute atomic E-state index is 0.196. The number of nitrogens with one attached hydrogen (secondary N) is 1. The molecule has 0 aliphatic heterocycles. The van der Waals surface area contributed by atoms with Gasteiger partial charge in [-0.1, -0.05) is 19.3 Å². The second-order valence-corrected chi connectivity index (χ2v) is 5.44. The van der Waals surface area contributed by atoms with Gasteiger partial charge in [-0.3, -0.25) is 4.68 Å². The molecule has 1 aromatic rings. The van der Waals surface area contributed by atoms with E-state index in [2.05, 4.69) is 16.6 Å². The number of aryl methyl sites for hydroxylation is 1.